The molecule has 1 aliphatic rings. The summed E-state index contributed by atoms with van der Waals surface area (Å²) in [6, 6.07) is 15.4. The Morgan fingerprint density at radius 1 is 1.19 bits per heavy atom. The first kappa shape index (κ1) is 19.4. The summed E-state index contributed by atoms with van der Waals surface area (Å²) in [4.78, 5) is 16.5. The summed E-state index contributed by atoms with van der Waals surface area (Å²) in [5, 5.41) is 3.52. The topological polar surface area (TPSA) is 44.8 Å². The molecule has 1 N–H and O–H groups in total. The van der Waals surface area contributed by atoms with Gasteiger partial charge in [0.25, 0.3) is 0 Å². The Kier molecular flexibility index (Phi) is 6.82. The zero-order chi connectivity index (χ0) is 19.1. The number of anilines is 1. The summed E-state index contributed by atoms with van der Waals surface area (Å²) in [7, 11) is 1.81. The minimum Gasteiger partial charge on any atom is -0.492 e. The van der Waals surface area contributed by atoms with Gasteiger partial charge < -0.3 is 19.9 Å². The molecule has 0 saturated carbocycles. The molecule has 2 aromatic carbocycles. The van der Waals surface area contributed by atoms with Crippen molar-refractivity contribution >= 4 is 23.3 Å². The van der Waals surface area contributed by atoms with E-state index in [0.29, 0.717) is 30.5 Å². The molecule has 2 aromatic rings. The molecule has 0 spiro atoms. The predicted octanol–water partition coefficient (Wildman–Crippen LogP) is 4.16. The number of halogens is 1. The highest BCUT2D eigenvalue weighted by molar-refractivity contribution is 6.30. The molecule has 0 aliphatic carbocycles. The first-order valence-electron chi connectivity index (χ1n) is 9.33. The van der Waals surface area contributed by atoms with Gasteiger partial charge in [0.15, 0.2) is 0 Å². The van der Waals surface area contributed by atoms with Crippen LogP contribution in [0.2, 0.25) is 5.02 Å². The number of carbonyl (C=O) groups excluding carboxylic acids is 1. The van der Waals surface area contributed by atoms with Crippen LogP contribution in [-0.4, -0.2) is 44.2 Å². The maximum absolute atomic E-state index is 12.4. The van der Waals surface area contributed by atoms with Crippen LogP contribution >= 0.6 is 11.6 Å². The number of hydrogen-bond donors (Lipinski definition) is 1. The molecule has 0 radical (unpaired) electrons. The zero-order valence-corrected chi connectivity index (χ0v) is 16.4. The molecular weight excluding hydrogens is 362 g/mol. The van der Waals surface area contributed by atoms with Gasteiger partial charge in [0.05, 0.1) is 6.54 Å². The second kappa shape index (κ2) is 9.51. The van der Waals surface area contributed by atoms with Gasteiger partial charge in [-0.3, -0.25) is 0 Å². The first-order valence-corrected chi connectivity index (χ1v) is 9.71. The molecule has 1 fully saturated rings. The fraction of sp³-hybridized carbons (Fsp3) is 0.381. The van der Waals surface area contributed by atoms with Gasteiger partial charge in [-0.2, -0.15) is 0 Å². The molecule has 144 valence electrons. The highest BCUT2D eigenvalue weighted by atomic mass is 35.5. The summed E-state index contributed by atoms with van der Waals surface area (Å²) in [6.45, 7) is 3.59. The number of ether oxygens (including phenoxy) is 1. The maximum Gasteiger partial charge on any atom is 0.317 e. The van der Waals surface area contributed by atoms with Gasteiger partial charge in [-0.25, -0.2) is 4.79 Å². The molecule has 0 bridgehead atoms. The van der Waals surface area contributed by atoms with Crippen molar-refractivity contribution in [3.05, 3.63) is 59.1 Å². The molecule has 0 aromatic heterocycles. The lowest BCUT2D eigenvalue weighted by molar-refractivity contribution is 0.203. The third kappa shape index (κ3) is 5.54. The Balaban J connectivity index is 1.47. The number of nitrogens with zero attached hydrogens (tertiary/aromatic N) is 2. The van der Waals surface area contributed by atoms with Crippen LogP contribution in [0.3, 0.4) is 0 Å². The highest BCUT2D eigenvalue weighted by Crippen LogP contribution is 2.25. The van der Waals surface area contributed by atoms with E-state index >= 15 is 0 Å². The van der Waals surface area contributed by atoms with Gasteiger partial charge in [0.1, 0.15) is 12.4 Å². The SMILES string of the molecule is CN(Cc1ccccc1N1CCCC1)C(=O)NCCOc1cccc(Cl)c1. The molecule has 1 saturated heterocycles. The first-order chi connectivity index (χ1) is 13.1. The van der Waals surface area contributed by atoms with E-state index in [-0.39, 0.29) is 6.03 Å². The third-order valence-corrected chi connectivity index (χ3v) is 4.87. The quantitative estimate of drug-likeness (QED) is 0.725. The minimum atomic E-state index is -0.110. The van der Waals surface area contributed by atoms with Crippen molar-refractivity contribution in [1.29, 1.82) is 0 Å². The molecule has 3 rings (SSSR count). The number of para-hydroxylation sites is 1. The number of urea groups is 1. The van der Waals surface area contributed by atoms with E-state index in [1.54, 1.807) is 17.0 Å². The van der Waals surface area contributed by atoms with Crippen molar-refractivity contribution in [1.82, 2.24) is 10.2 Å². The molecule has 6 heteroatoms. The Morgan fingerprint density at radius 2 is 1.96 bits per heavy atom. The van der Waals surface area contributed by atoms with Gasteiger partial charge in [-0.15, -0.1) is 0 Å². The Hall–Kier alpha value is -2.40. The molecule has 1 heterocycles. The van der Waals surface area contributed by atoms with Gasteiger partial charge in [0.2, 0.25) is 0 Å². The standard InChI is InChI=1S/C21H26ClN3O2/c1-24(16-17-7-2-3-10-20(17)25-12-4-5-13-25)21(26)23-11-14-27-19-9-6-8-18(22)15-19/h2-3,6-10,15H,4-5,11-14,16H2,1H3,(H,23,26). The van der Waals surface area contributed by atoms with E-state index in [1.165, 1.54) is 24.1 Å². The van der Waals surface area contributed by atoms with E-state index in [0.717, 1.165) is 13.1 Å². The van der Waals surface area contributed by atoms with Crippen LogP contribution < -0.4 is 15.0 Å². The van der Waals surface area contributed by atoms with Gasteiger partial charge in [0, 0.05) is 37.4 Å². The van der Waals surface area contributed by atoms with E-state index in [1.807, 2.05) is 25.2 Å². The van der Waals surface area contributed by atoms with Crippen LogP contribution in [-0.2, 0) is 6.54 Å². The predicted molar refractivity (Wildman–Crippen MR) is 110 cm³/mol. The Labute approximate surface area is 165 Å². The molecule has 2 amide bonds. The molecule has 1 aliphatic heterocycles. The van der Waals surface area contributed by atoms with Crippen molar-refractivity contribution in [2.45, 2.75) is 19.4 Å². The summed E-state index contributed by atoms with van der Waals surface area (Å²) in [5.74, 6) is 0.699. The number of nitrogens with one attached hydrogen (secondary N) is 1. The summed E-state index contributed by atoms with van der Waals surface area (Å²) >= 11 is 5.93. The number of hydrogen-bond acceptors (Lipinski definition) is 3. The fourth-order valence-corrected chi connectivity index (χ4v) is 3.44. The summed E-state index contributed by atoms with van der Waals surface area (Å²) in [6.07, 6.45) is 2.47. The molecule has 27 heavy (non-hydrogen) atoms. The summed E-state index contributed by atoms with van der Waals surface area (Å²) in [5.41, 5.74) is 2.41. The van der Waals surface area contributed by atoms with Crippen LogP contribution in [0.4, 0.5) is 10.5 Å². The van der Waals surface area contributed by atoms with Crippen molar-refractivity contribution in [2.24, 2.45) is 0 Å². The van der Waals surface area contributed by atoms with Crippen LogP contribution in [0.25, 0.3) is 0 Å². The van der Waals surface area contributed by atoms with Crippen LogP contribution in [0.15, 0.2) is 48.5 Å². The van der Waals surface area contributed by atoms with Gasteiger partial charge in [-0.05, 0) is 42.7 Å². The average molecular weight is 388 g/mol. The molecular formula is C21H26ClN3O2. The van der Waals surface area contributed by atoms with Crippen molar-refractivity contribution in [2.75, 3.05) is 38.2 Å². The zero-order valence-electron chi connectivity index (χ0n) is 15.7. The van der Waals surface area contributed by atoms with Crippen molar-refractivity contribution in [3.8, 4) is 5.75 Å². The van der Waals surface area contributed by atoms with Gasteiger partial charge >= 0.3 is 6.03 Å². The van der Waals surface area contributed by atoms with Crippen LogP contribution in [0, 0.1) is 0 Å². The second-order valence-corrected chi connectivity index (χ2v) is 7.15. The lowest BCUT2D eigenvalue weighted by Crippen LogP contribution is -2.39. The maximum atomic E-state index is 12.4. The van der Waals surface area contributed by atoms with E-state index in [4.69, 9.17) is 16.3 Å². The number of rotatable bonds is 7. The molecule has 0 unspecified atom stereocenters. The number of amides is 2. The summed E-state index contributed by atoms with van der Waals surface area (Å²) < 4.78 is 5.60. The smallest absolute Gasteiger partial charge is 0.317 e. The fourth-order valence-electron chi connectivity index (χ4n) is 3.26. The van der Waals surface area contributed by atoms with E-state index < -0.39 is 0 Å². The van der Waals surface area contributed by atoms with Crippen LogP contribution in [0.5, 0.6) is 5.75 Å². The Morgan fingerprint density at radius 3 is 2.74 bits per heavy atom. The normalized spacial score (nSPS) is 13.5. The Bertz CT molecular complexity index is 763. The molecule has 0 atom stereocenters. The van der Waals surface area contributed by atoms with E-state index in [9.17, 15) is 4.79 Å². The van der Waals surface area contributed by atoms with E-state index in [2.05, 4.69) is 28.4 Å². The largest absolute Gasteiger partial charge is 0.492 e. The lowest BCUT2D eigenvalue weighted by Gasteiger charge is -2.24. The lowest BCUT2D eigenvalue weighted by atomic mass is 10.1. The number of benzene rings is 2. The number of carbonyl (C=O) groups is 1. The third-order valence-electron chi connectivity index (χ3n) is 4.64. The second-order valence-electron chi connectivity index (χ2n) is 6.72. The van der Waals surface area contributed by atoms with Crippen molar-refractivity contribution < 1.29 is 9.53 Å². The molecule has 5 nitrogen and oxygen atoms in total. The monoisotopic (exact) mass is 387 g/mol. The van der Waals surface area contributed by atoms with Crippen molar-refractivity contribution in [3.63, 3.8) is 0 Å². The van der Waals surface area contributed by atoms with Gasteiger partial charge in [-0.1, -0.05) is 35.9 Å². The highest BCUT2D eigenvalue weighted by Gasteiger charge is 2.17. The van der Waals surface area contributed by atoms with Crippen LogP contribution in [0.1, 0.15) is 18.4 Å². The average Bonchev–Trinajstić information content (AvgIpc) is 3.20. The minimum absolute atomic E-state index is 0.110.